The lowest BCUT2D eigenvalue weighted by Gasteiger charge is -2.33. The van der Waals surface area contributed by atoms with Crippen molar-refractivity contribution in [1.29, 1.82) is 0 Å². The summed E-state index contributed by atoms with van der Waals surface area (Å²) in [6, 6.07) is 12.0. The monoisotopic (exact) mass is 380 g/mol. The molecule has 0 aliphatic heterocycles. The molecular formula is C20H26Cl2N2O. The van der Waals surface area contributed by atoms with Gasteiger partial charge in [-0.1, -0.05) is 37.6 Å². The smallest absolute Gasteiger partial charge is 0.240 e. The molecule has 0 N–H and O–H groups in total. The first kappa shape index (κ1) is 19.9. The fourth-order valence-corrected chi connectivity index (χ4v) is 3.10. The second kappa shape index (κ2) is 8.77. The van der Waals surface area contributed by atoms with Gasteiger partial charge in [0.25, 0.3) is 0 Å². The summed E-state index contributed by atoms with van der Waals surface area (Å²) in [7, 11) is 0. The van der Waals surface area contributed by atoms with Gasteiger partial charge < -0.3 is 9.47 Å². The third kappa shape index (κ3) is 5.26. The molecule has 0 radical (unpaired) electrons. The lowest BCUT2D eigenvalue weighted by Crippen LogP contribution is -2.44. The van der Waals surface area contributed by atoms with E-state index in [9.17, 15) is 4.79 Å². The number of amides is 1. The molecular weight excluding hydrogens is 355 g/mol. The maximum Gasteiger partial charge on any atom is 0.240 e. The number of aromatic nitrogens is 1. The van der Waals surface area contributed by atoms with Crippen LogP contribution in [-0.2, 0) is 17.9 Å². The van der Waals surface area contributed by atoms with Crippen molar-refractivity contribution < 1.29 is 4.79 Å². The quantitative estimate of drug-likeness (QED) is 0.606. The lowest BCUT2D eigenvalue weighted by atomic mass is 10.0. The van der Waals surface area contributed by atoms with Crippen LogP contribution in [0, 0.1) is 5.92 Å². The summed E-state index contributed by atoms with van der Waals surface area (Å²) in [5.41, 5.74) is 2.21. The van der Waals surface area contributed by atoms with Gasteiger partial charge in [-0.3, -0.25) is 4.79 Å². The Bertz CT molecular complexity index is 709. The Hall–Kier alpha value is -1.45. The van der Waals surface area contributed by atoms with Crippen LogP contribution >= 0.6 is 23.2 Å². The number of halogens is 2. The molecule has 0 aliphatic rings. The number of benzene rings is 1. The molecule has 1 aromatic carbocycles. The largest absolute Gasteiger partial charge is 0.345 e. The molecule has 0 unspecified atom stereocenters. The van der Waals surface area contributed by atoms with Crippen LogP contribution in [0.15, 0.2) is 42.6 Å². The summed E-state index contributed by atoms with van der Waals surface area (Å²) in [4.78, 5) is 14.5. The average Bonchev–Trinajstić information content (AvgIpc) is 2.98. The maximum absolute atomic E-state index is 12.6. The summed E-state index contributed by atoms with van der Waals surface area (Å²) >= 11 is 12.2. The Morgan fingerprint density at radius 3 is 2.48 bits per heavy atom. The van der Waals surface area contributed by atoms with E-state index in [1.807, 2.05) is 35.4 Å². The van der Waals surface area contributed by atoms with Gasteiger partial charge in [0.1, 0.15) is 5.38 Å². The molecule has 1 aromatic heterocycles. The fraction of sp³-hybridized carbons (Fsp3) is 0.450. The molecule has 0 aliphatic carbocycles. The van der Waals surface area contributed by atoms with Crippen LogP contribution in [0.1, 0.15) is 39.0 Å². The molecule has 136 valence electrons. The zero-order chi connectivity index (χ0) is 18.6. The van der Waals surface area contributed by atoms with Crippen molar-refractivity contribution in [3.05, 3.63) is 58.9 Å². The normalized spacial score (nSPS) is 13.7. The highest BCUT2D eigenvalue weighted by atomic mass is 35.5. The Morgan fingerprint density at radius 1 is 1.16 bits per heavy atom. The van der Waals surface area contributed by atoms with E-state index in [-0.39, 0.29) is 11.9 Å². The summed E-state index contributed by atoms with van der Waals surface area (Å²) in [5, 5.41) is 0.199. The van der Waals surface area contributed by atoms with Crippen LogP contribution < -0.4 is 0 Å². The number of alkyl halides is 1. The molecule has 1 heterocycles. The van der Waals surface area contributed by atoms with Gasteiger partial charge in [-0.05, 0) is 49.6 Å². The highest BCUT2D eigenvalue weighted by Gasteiger charge is 2.26. The van der Waals surface area contributed by atoms with E-state index < -0.39 is 5.38 Å². The molecule has 1 amide bonds. The molecule has 0 saturated heterocycles. The first-order chi connectivity index (χ1) is 11.8. The van der Waals surface area contributed by atoms with Gasteiger partial charge in [0.2, 0.25) is 5.91 Å². The van der Waals surface area contributed by atoms with Crippen LogP contribution in [0.3, 0.4) is 0 Å². The van der Waals surface area contributed by atoms with Crippen molar-refractivity contribution in [2.75, 3.05) is 0 Å². The summed E-state index contributed by atoms with van der Waals surface area (Å²) in [6.45, 7) is 9.31. The van der Waals surface area contributed by atoms with Gasteiger partial charge >= 0.3 is 0 Å². The number of hydrogen-bond donors (Lipinski definition) is 0. The van der Waals surface area contributed by atoms with Crippen LogP contribution in [0.25, 0.3) is 0 Å². The number of nitrogens with zero attached hydrogens (tertiary/aromatic N) is 2. The van der Waals surface area contributed by atoms with Crippen molar-refractivity contribution in [1.82, 2.24) is 9.47 Å². The minimum Gasteiger partial charge on any atom is -0.345 e. The van der Waals surface area contributed by atoms with E-state index in [0.717, 1.165) is 22.8 Å². The van der Waals surface area contributed by atoms with Crippen molar-refractivity contribution in [3.8, 4) is 0 Å². The number of rotatable bonds is 7. The molecule has 25 heavy (non-hydrogen) atoms. The van der Waals surface area contributed by atoms with E-state index in [2.05, 4.69) is 37.5 Å². The topological polar surface area (TPSA) is 25.2 Å². The maximum atomic E-state index is 12.6. The van der Waals surface area contributed by atoms with E-state index in [0.29, 0.717) is 12.5 Å². The highest BCUT2D eigenvalue weighted by Crippen LogP contribution is 2.19. The Labute approximate surface area is 160 Å². The Morgan fingerprint density at radius 2 is 1.88 bits per heavy atom. The van der Waals surface area contributed by atoms with Crippen LogP contribution in [0.2, 0.25) is 5.02 Å². The summed E-state index contributed by atoms with van der Waals surface area (Å²) in [6.07, 6.45) is 2.03. The molecule has 3 nitrogen and oxygen atoms in total. The Kier molecular flexibility index (Phi) is 6.97. The third-order valence-corrected chi connectivity index (χ3v) is 5.00. The van der Waals surface area contributed by atoms with Crippen LogP contribution in [0.5, 0.6) is 0 Å². The second-order valence-electron chi connectivity index (χ2n) is 6.82. The van der Waals surface area contributed by atoms with E-state index >= 15 is 0 Å². The second-order valence-corrected chi connectivity index (χ2v) is 7.92. The standard InChI is InChI=1S/C20H26Cl2N2O/c1-14(2)16(4)24(20(25)15(3)21)13-19-9-6-10-23(19)12-17-7-5-8-18(22)11-17/h5-11,14-16H,12-13H2,1-4H3/t15-,16+/m1/s1. The first-order valence-electron chi connectivity index (χ1n) is 8.62. The molecule has 2 aromatic rings. The van der Waals surface area contributed by atoms with E-state index in [1.165, 1.54) is 0 Å². The predicted octanol–water partition coefficient (Wildman–Crippen LogP) is 5.19. The van der Waals surface area contributed by atoms with Crippen LogP contribution in [-0.4, -0.2) is 26.8 Å². The third-order valence-electron chi connectivity index (χ3n) is 4.58. The first-order valence-corrected chi connectivity index (χ1v) is 9.44. The number of carbonyl (C=O) groups excluding carboxylic acids is 1. The van der Waals surface area contributed by atoms with Gasteiger partial charge in [-0.15, -0.1) is 11.6 Å². The van der Waals surface area contributed by atoms with Crippen molar-refractivity contribution in [3.63, 3.8) is 0 Å². The zero-order valence-electron chi connectivity index (χ0n) is 15.2. The van der Waals surface area contributed by atoms with Gasteiger partial charge in [0.05, 0.1) is 6.54 Å². The molecule has 2 rings (SSSR count). The minimum atomic E-state index is -0.530. The minimum absolute atomic E-state index is 0.0293. The average molecular weight is 381 g/mol. The summed E-state index contributed by atoms with van der Waals surface area (Å²) in [5.74, 6) is 0.328. The van der Waals surface area contributed by atoms with Crippen molar-refractivity contribution in [2.24, 2.45) is 5.92 Å². The van der Waals surface area contributed by atoms with Gasteiger partial charge in [0.15, 0.2) is 0 Å². The summed E-state index contributed by atoms with van der Waals surface area (Å²) < 4.78 is 2.15. The predicted molar refractivity (Wildman–Crippen MR) is 105 cm³/mol. The molecule has 0 saturated carbocycles. The van der Waals surface area contributed by atoms with Crippen molar-refractivity contribution in [2.45, 2.75) is 52.2 Å². The van der Waals surface area contributed by atoms with Crippen molar-refractivity contribution >= 4 is 29.1 Å². The fourth-order valence-electron chi connectivity index (χ4n) is 2.76. The SMILES string of the molecule is CC(C)[C@H](C)N(Cc1cccn1Cc1cccc(Cl)c1)C(=O)[C@@H](C)Cl. The van der Waals surface area contributed by atoms with Crippen LogP contribution in [0.4, 0.5) is 0 Å². The molecule has 5 heteroatoms. The van der Waals surface area contributed by atoms with Gasteiger partial charge in [-0.2, -0.15) is 0 Å². The zero-order valence-corrected chi connectivity index (χ0v) is 16.8. The molecule has 0 bridgehead atoms. The van der Waals surface area contributed by atoms with Gasteiger partial charge in [-0.25, -0.2) is 0 Å². The number of carbonyl (C=O) groups is 1. The Balaban J connectivity index is 2.23. The molecule has 0 fully saturated rings. The molecule has 2 atom stereocenters. The number of hydrogen-bond acceptors (Lipinski definition) is 1. The highest BCUT2D eigenvalue weighted by molar-refractivity contribution is 6.30. The lowest BCUT2D eigenvalue weighted by molar-refractivity contribution is -0.134. The van der Waals surface area contributed by atoms with Gasteiger partial charge in [0, 0.05) is 29.5 Å². The van der Waals surface area contributed by atoms with E-state index in [1.54, 1.807) is 6.92 Å². The van der Waals surface area contributed by atoms with E-state index in [4.69, 9.17) is 23.2 Å². The molecule has 0 spiro atoms.